The van der Waals surface area contributed by atoms with Crippen molar-refractivity contribution in [3.63, 3.8) is 0 Å². The molecule has 0 aromatic carbocycles. The summed E-state index contributed by atoms with van der Waals surface area (Å²) in [5, 5.41) is 0. The Labute approximate surface area is 66.9 Å². The fourth-order valence-electron chi connectivity index (χ4n) is 0.677. The summed E-state index contributed by atoms with van der Waals surface area (Å²) in [5.74, 6) is 1.02. The predicted molar refractivity (Wildman–Crippen MR) is 47.4 cm³/mol. The SMILES string of the molecule is C=CCCCC(=O)CSC. The number of Topliss-reactive ketones (excluding diaryl/α,β-unsaturated/α-hetero) is 1. The van der Waals surface area contributed by atoms with Gasteiger partial charge in [-0.3, -0.25) is 4.79 Å². The fraction of sp³-hybridized carbons (Fsp3) is 0.625. The molecule has 0 radical (unpaired) electrons. The molecule has 0 saturated carbocycles. The number of rotatable bonds is 6. The molecule has 0 aromatic heterocycles. The second kappa shape index (κ2) is 6.87. The lowest BCUT2D eigenvalue weighted by atomic mass is 10.2. The normalized spacial score (nSPS) is 9.30. The average molecular weight is 158 g/mol. The van der Waals surface area contributed by atoms with E-state index in [9.17, 15) is 4.79 Å². The first kappa shape index (κ1) is 9.76. The molecule has 0 aliphatic carbocycles. The van der Waals surface area contributed by atoms with Gasteiger partial charge in [0.1, 0.15) is 5.78 Å². The van der Waals surface area contributed by atoms with Gasteiger partial charge >= 0.3 is 0 Å². The van der Waals surface area contributed by atoms with Crippen LogP contribution in [0.5, 0.6) is 0 Å². The third-order valence-corrected chi connectivity index (χ3v) is 1.78. The molecule has 0 bridgehead atoms. The minimum atomic E-state index is 0.356. The topological polar surface area (TPSA) is 17.1 Å². The van der Waals surface area contributed by atoms with Gasteiger partial charge in [0.25, 0.3) is 0 Å². The summed E-state index contributed by atoms with van der Waals surface area (Å²) in [6.45, 7) is 3.59. The van der Waals surface area contributed by atoms with Crippen molar-refractivity contribution in [1.29, 1.82) is 0 Å². The zero-order chi connectivity index (χ0) is 7.82. The van der Waals surface area contributed by atoms with Crippen molar-refractivity contribution in [3.8, 4) is 0 Å². The Hall–Kier alpha value is -0.240. The van der Waals surface area contributed by atoms with E-state index in [-0.39, 0.29) is 0 Å². The second-order valence-corrected chi connectivity index (χ2v) is 3.02. The lowest BCUT2D eigenvalue weighted by molar-refractivity contribution is -0.116. The highest BCUT2D eigenvalue weighted by molar-refractivity contribution is 7.99. The number of hydrogen-bond donors (Lipinski definition) is 0. The Morgan fingerprint density at radius 2 is 2.40 bits per heavy atom. The van der Waals surface area contributed by atoms with Gasteiger partial charge in [0.2, 0.25) is 0 Å². The van der Waals surface area contributed by atoms with Gasteiger partial charge in [-0.05, 0) is 19.1 Å². The molecular formula is C8H14OS. The fourth-order valence-corrected chi connectivity index (χ4v) is 1.14. The maximum atomic E-state index is 10.9. The number of hydrogen-bond acceptors (Lipinski definition) is 2. The van der Waals surface area contributed by atoms with Gasteiger partial charge in [-0.2, -0.15) is 11.8 Å². The molecular weight excluding hydrogens is 144 g/mol. The highest BCUT2D eigenvalue weighted by Crippen LogP contribution is 2.00. The number of ketones is 1. The van der Waals surface area contributed by atoms with Crippen LogP contribution in [0.25, 0.3) is 0 Å². The molecule has 0 saturated heterocycles. The van der Waals surface area contributed by atoms with Crippen molar-refractivity contribution in [2.45, 2.75) is 19.3 Å². The molecule has 0 aliphatic heterocycles. The number of carbonyl (C=O) groups excluding carboxylic acids is 1. The first-order valence-corrected chi connectivity index (χ1v) is 4.82. The molecule has 0 aliphatic rings. The predicted octanol–water partition coefficient (Wildman–Crippen LogP) is 2.27. The monoisotopic (exact) mass is 158 g/mol. The molecule has 0 amide bonds. The molecule has 0 aromatic rings. The minimum absolute atomic E-state index is 0.356. The van der Waals surface area contributed by atoms with Crippen molar-refractivity contribution < 1.29 is 4.79 Å². The van der Waals surface area contributed by atoms with Crippen LogP contribution in [0.3, 0.4) is 0 Å². The molecule has 2 heteroatoms. The zero-order valence-electron chi connectivity index (χ0n) is 6.43. The molecule has 1 nitrogen and oxygen atoms in total. The quantitative estimate of drug-likeness (QED) is 0.436. The molecule has 0 spiro atoms. The van der Waals surface area contributed by atoms with E-state index < -0.39 is 0 Å². The van der Waals surface area contributed by atoms with E-state index in [1.807, 2.05) is 12.3 Å². The third kappa shape index (κ3) is 5.89. The standard InChI is InChI=1S/C8H14OS/c1-3-4-5-6-8(9)7-10-2/h3H,1,4-7H2,2H3. The van der Waals surface area contributed by atoms with Crippen LogP contribution in [0.4, 0.5) is 0 Å². The van der Waals surface area contributed by atoms with E-state index in [2.05, 4.69) is 6.58 Å². The Kier molecular flexibility index (Phi) is 6.71. The summed E-state index contributed by atoms with van der Waals surface area (Å²) in [6.07, 6.45) is 6.44. The van der Waals surface area contributed by atoms with Crippen LogP contribution < -0.4 is 0 Å². The number of unbranched alkanes of at least 4 members (excludes halogenated alkanes) is 1. The van der Waals surface area contributed by atoms with Gasteiger partial charge in [0, 0.05) is 6.42 Å². The Bertz CT molecular complexity index is 110. The second-order valence-electron chi connectivity index (χ2n) is 2.15. The largest absolute Gasteiger partial charge is 0.299 e. The molecule has 0 fully saturated rings. The lowest BCUT2D eigenvalue weighted by Crippen LogP contribution is -1.99. The van der Waals surface area contributed by atoms with E-state index in [0.29, 0.717) is 18.0 Å². The van der Waals surface area contributed by atoms with E-state index in [0.717, 1.165) is 12.8 Å². The van der Waals surface area contributed by atoms with E-state index >= 15 is 0 Å². The van der Waals surface area contributed by atoms with Gasteiger partial charge in [-0.25, -0.2) is 0 Å². The molecule has 0 rings (SSSR count). The minimum Gasteiger partial charge on any atom is -0.299 e. The summed E-state index contributed by atoms with van der Waals surface area (Å²) >= 11 is 1.59. The highest BCUT2D eigenvalue weighted by atomic mass is 32.2. The van der Waals surface area contributed by atoms with E-state index in [4.69, 9.17) is 0 Å². The first-order chi connectivity index (χ1) is 4.81. The summed E-state index contributed by atoms with van der Waals surface area (Å²) in [6, 6.07) is 0. The highest BCUT2D eigenvalue weighted by Gasteiger charge is 1.97. The summed E-state index contributed by atoms with van der Waals surface area (Å²) in [4.78, 5) is 10.9. The third-order valence-electron chi connectivity index (χ3n) is 1.17. The molecule has 0 atom stereocenters. The van der Waals surface area contributed by atoms with Crippen molar-refractivity contribution in [3.05, 3.63) is 12.7 Å². The van der Waals surface area contributed by atoms with Crippen LogP contribution in [0, 0.1) is 0 Å². The van der Waals surface area contributed by atoms with Crippen LogP contribution in [0.1, 0.15) is 19.3 Å². The Morgan fingerprint density at radius 3 is 2.90 bits per heavy atom. The van der Waals surface area contributed by atoms with Crippen LogP contribution >= 0.6 is 11.8 Å². The smallest absolute Gasteiger partial charge is 0.142 e. The van der Waals surface area contributed by atoms with E-state index in [1.165, 1.54) is 0 Å². The lowest BCUT2D eigenvalue weighted by Gasteiger charge is -1.94. The van der Waals surface area contributed by atoms with Crippen LogP contribution in [-0.4, -0.2) is 17.8 Å². The number of allylic oxidation sites excluding steroid dienone is 1. The maximum Gasteiger partial charge on any atom is 0.142 e. The number of thioether (sulfide) groups is 1. The number of carbonyl (C=O) groups is 1. The van der Waals surface area contributed by atoms with Gasteiger partial charge in [0.15, 0.2) is 0 Å². The van der Waals surface area contributed by atoms with Crippen molar-refractivity contribution in [2.75, 3.05) is 12.0 Å². The van der Waals surface area contributed by atoms with Crippen LogP contribution in [-0.2, 0) is 4.79 Å². The van der Waals surface area contributed by atoms with Crippen molar-refractivity contribution in [2.24, 2.45) is 0 Å². The summed E-state index contributed by atoms with van der Waals surface area (Å²) in [7, 11) is 0. The summed E-state index contributed by atoms with van der Waals surface area (Å²) < 4.78 is 0. The van der Waals surface area contributed by atoms with Gasteiger partial charge in [-0.15, -0.1) is 6.58 Å². The first-order valence-electron chi connectivity index (χ1n) is 3.42. The molecule has 0 N–H and O–H groups in total. The van der Waals surface area contributed by atoms with Gasteiger partial charge < -0.3 is 0 Å². The van der Waals surface area contributed by atoms with Gasteiger partial charge in [-0.1, -0.05) is 6.08 Å². The Morgan fingerprint density at radius 1 is 1.70 bits per heavy atom. The maximum absolute atomic E-state index is 10.9. The zero-order valence-corrected chi connectivity index (χ0v) is 7.25. The van der Waals surface area contributed by atoms with Gasteiger partial charge in [0.05, 0.1) is 5.75 Å². The van der Waals surface area contributed by atoms with Crippen LogP contribution in [0.2, 0.25) is 0 Å². The molecule has 58 valence electrons. The molecule has 0 heterocycles. The average Bonchev–Trinajstić information content (AvgIpc) is 1.89. The summed E-state index contributed by atoms with van der Waals surface area (Å²) in [5.41, 5.74) is 0. The van der Waals surface area contributed by atoms with Crippen molar-refractivity contribution >= 4 is 17.5 Å². The van der Waals surface area contributed by atoms with Crippen LogP contribution in [0.15, 0.2) is 12.7 Å². The van der Waals surface area contributed by atoms with Crippen molar-refractivity contribution in [1.82, 2.24) is 0 Å². The van der Waals surface area contributed by atoms with E-state index in [1.54, 1.807) is 11.8 Å². The molecule has 0 unspecified atom stereocenters. The molecule has 10 heavy (non-hydrogen) atoms. The Balaban J connectivity index is 3.13.